The first kappa shape index (κ1) is 20.0. The number of rotatable bonds is 8. The number of nitrogens with zero attached hydrogens (tertiary/aromatic N) is 3. The number of benzene rings is 2. The van der Waals surface area contributed by atoms with E-state index in [1.807, 2.05) is 42.5 Å². The highest BCUT2D eigenvalue weighted by Gasteiger charge is 2.19. The second-order valence-corrected chi connectivity index (χ2v) is 7.58. The molecule has 0 amide bonds. The maximum atomic E-state index is 6.30. The summed E-state index contributed by atoms with van der Waals surface area (Å²) in [7, 11) is 0. The fourth-order valence-corrected chi connectivity index (χ4v) is 4.02. The minimum atomic E-state index is 0.409. The Morgan fingerprint density at radius 2 is 1.57 bits per heavy atom. The topological polar surface area (TPSA) is 66.0 Å². The van der Waals surface area contributed by atoms with E-state index >= 15 is 0 Å². The van der Waals surface area contributed by atoms with E-state index in [9.17, 15) is 0 Å². The summed E-state index contributed by atoms with van der Waals surface area (Å²) in [6.45, 7) is 4.45. The van der Waals surface area contributed by atoms with Crippen molar-refractivity contribution in [2.24, 2.45) is 0 Å². The first-order valence-corrected chi connectivity index (χ1v) is 10.7. The molecule has 0 saturated heterocycles. The number of hydrogen-bond acceptors (Lipinski definition) is 4. The summed E-state index contributed by atoms with van der Waals surface area (Å²) in [6.07, 6.45) is 8.25. The van der Waals surface area contributed by atoms with Gasteiger partial charge in [-0.25, -0.2) is 9.97 Å². The number of aromatic nitrogens is 3. The van der Waals surface area contributed by atoms with E-state index in [0.29, 0.717) is 11.9 Å². The Kier molecular flexibility index (Phi) is 5.98. The second-order valence-electron chi connectivity index (χ2n) is 7.58. The lowest BCUT2D eigenvalue weighted by Crippen LogP contribution is -2.08. The van der Waals surface area contributed by atoms with Crippen molar-refractivity contribution in [1.29, 1.82) is 0 Å². The third kappa shape index (κ3) is 4.01. The normalized spacial score (nSPS) is 11.3. The van der Waals surface area contributed by atoms with Crippen LogP contribution in [0.25, 0.3) is 22.2 Å². The summed E-state index contributed by atoms with van der Waals surface area (Å²) in [4.78, 5) is 8.85. The van der Waals surface area contributed by atoms with Gasteiger partial charge in [-0.2, -0.15) is 0 Å². The van der Waals surface area contributed by atoms with Crippen molar-refractivity contribution in [3.63, 3.8) is 0 Å². The van der Waals surface area contributed by atoms with Gasteiger partial charge in [0.15, 0.2) is 0 Å². The van der Waals surface area contributed by atoms with Crippen LogP contribution in [-0.4, -0.2) is 14.5 Å². The average molecular weight is 401 g/mol. The van der Waals surface area contributed by atoms with Crippen LogP contribution >= 0.6 is 0 Å². The van der Waals surface area contributed by atoms with Crippen LogP contribution in [0.3, 0.4) is 0 Å². The number of fused-ring (bicyclic) bond motifs is 1. The third-order valence-electron chi connectivity index (χ3n) is 5.42. The summed E-state index contributed by atoms with van der Waals surface area (Å²) >= 11 is 0. The van der Waals surface area contributed by atoms with Crippen LogP contribution in [0.4, 0.5) is 5.82 Å². The fourth-order valence-electron chi connectivity index (χ4n) is 4.02. The summed E-state index contributed by atoms with van der Waals surface area (Å²) in [5.41, 5.74) is 9.35. The molecule has 0 saturated carbocycles. The van der Waals surface area contributed by atoms with Crippen LogP contribution in [0.15, 0.2) is 67.1 Å². The van der Waals surface area contributed by atoms with Gasteiger partial charge in [-0.3, -0.25) is 0 Å². The Labute approximate surface area is 177 Å². The summed E-state index contributed by atoms with van der Waals surface area (Å²) in [6, 6.07) is 18.3. The van der Waals surface area contributed by atoms with E-state index in [1.54, 1.807) is 6.33 Å². The van der Waals surface area contributed by atoms with Crippen LogP contribution in [0.5, 0.6) is 11.5 Å². The molecule has 0 aliphatic rings. The first-order valence-electron chi connectivity index (χ1n) is 10.7. The standard InChI is InChI=1S/C25H28N4O/c1-3-8-19(9-4-2)29-16-22(23-24(26)27-17-28-25(23)29)18-12-14-21(15-13-18)30-20-10-6-5-7-11-20/h5-7,10-17,19H,3-4,8-9H2,1-2H3,(H2,26,27,28). The molecule has 4 rings (SSSR count). The third-order valence-corrected chi connectivity index (χ3v) is 5.42. The number of para-hydroxylation sites is 1. The van der Waals surface area contributed by atoms with Crippen molar-refractivity contribution in [3.8, 4) is 22.6 Å². The predicted octanol–water partition coefficient (Wildman–Crippen LogP) is 6.61. The lowest BCUT2D eigenvalue weighted by Gasteiger charge is -2.18. The van der Waals surface area contributed by atoms with Crippen LogP contribution < -0.4 is 10.5 Å². The highest BCUT2D eigenvalue weighted by molar-refractivity contribution is 6.00. The Morgan fingerprint density at radius 1 is 0.900 bits per heavy atom. The molecule has 0 spiro atoms. The number of ether oxygens (including phenoxy) is 1. The van der Waals surface area contributed by atoms with Gasteiger partial charge in [0, 0.05) is 17.8 Å². The van der Waals surface area contributed by atoms with E-state index in [2.05, 4.69) is 46.7 Å². The maximum Gasteiger partial charge on any atom is 0.146 e. The first-order chi connectivity index (χ1) is 14.7. The molecule has 2 aromatic carbocycles. The molecule has 0 unspecified atom stereocenters. The minimum Gasteiger partial charge on any atom is -0.457 e. The zero-order valence-corrected chi connectivity index (χ0v) is 17.6. The summed E-state index contributed by atoms with van der Waals surface area (Å²) in [5.74, 6) is 2.14. The molecule has 154 valence electrons. The van der Waals surface area contributed by atoms with Gasteiger partial charge in [0.05, 0.1) is 5.39 Å². The summed E-state index contributed by atoms with van der Waals surface area (Å²) < 4.78 is 8.23. The van der Waals surface area contributed by atoms with Gasteiger partial charge in [0.1, 0.15) is 29.3 Å². The molecular formula is C25H28N4O. The van der Waals surface area contributed by atoms with Gasteiger partial charge in [-0.05, 0) is 42.7 Å². The highest BCUT2D eigenvalue weighted by atomic mass is 16.5. The van der Waals surface area contributed by atoms with Gasteiger partial charge in [-0.15, -0.1) is 0 Å². The minimum absolute atomic E-state index is 0.409. The van der Waals surface area contributed by atoms with Crippen molar-refractivity contribution in [2.45, 2.75) is 45.6 Å². The fraction of sp³-hybridized carbons (Fsp3) is 0.280. The van der Waals surface area contributed by atoms with Gasteiger partial charge in [0.2, 0.25) is 0 Å². The molecule has 0 fully saturated rings. The molecule has 0 atom stereocenters. The monoisotopic (exact) mass is 400 g/mol. The molecule has 0 aliphatic heterocycles. The number of nitrogens with two attached hydrogens (primary N) is 1. The molecule has 5 nitrogen and oxygen atoms in total. The number of nitrogen functional groups attached to an aromatic ring is 1. The molecule has 2 heterocycles. The Hall–Kier alpha value is -3.34. The van der Waals surface area contributed by atoms with Gasteiger partial charge < -0.3 is 15.0 Å². The van der Waals surface area contributed by atoms with Crippen molar-refractivity contribution in [3.05, 3.63) is 67.1 Å². The Balaban J connectivity index is 1.73. The van der Waals surface area contributed by atoms with Gasteiger partial charge in [0.25, 0.3) is 0 Å². The summed E-state index contributed by atoms with van der Waals surface area (Å²) in [5, 5.41) is 0.923. The van der Waals surface area contributed by atoms with Crippen molar-refractivity contribution >= 4 is 16.9 Å². The molecule has 2 aromatic heterocycles. The van der Waals surface area contributed by atoms with E-state index in [4.69, 9.17) is 10.5 Å². The van der Waals surface area contributed by atoms with Crippen molar-refractivity contribution in [1.82, 2.24) is 14.5 Å². The number of anilines is 1. The Morgan fingerprint density at radius 3 is 2.23 bits per heavy atom. The van der Waals surface area contributed by atoms with Crippen molar-refractivity contribution in [2.75, 3.05) is 5.73 Å². The maximum absolute atomic E-state index is 6.30. The second kappa shape index (κ2) is 8.99. The smallest absolute Gasteiger partial charge is 0.146 e. The van der Waals surface area contributed by atoms with Gasteiger partial charge >= 0.3 is 0 Å². The molecule has 4 aromatic rings. The van der Waals surface area contributed by atoms with Crippen molar-refractivity contribution < 1.29 is 4.74 Å². The highest BCUT2D eigenvalue weighted by Crippen LogP contribution is 2.37. The average Bonchev–Trinajstić information content (AvgIpc) is 3.16. The molecule has 0 bridgehead atoms. The van der Waals surface area contributed by atoms with Gasteiger partial charge in [-0.1, -0.05) is 57.0 Å². The van der Waals surface area contributed by atoms with E-state index in [-0.39, 0.29) is 0 Å². The number of hydrogen-bond donors (Lipinski definition) is 1. The lowest BCUT2D eigenvalue weighted by atomic mass is 10.1. The molecule has 5 heteroatoms. The Bertz CT molecular complexity index is 1100. The molecular weight excluding hydrogens is 372 g/mol. The molecule has 2 N–H and O–H groups in total. The van der Waals surface area contributed by atoms with Crippen LogP contribution in [0, 0.1) is 0 Å². The van der Waals surface area contributed by atoms with E-state index < -0.39 is 0 Å². The molecule has 0 radical (unpaired) electrons. The largest absolute Gasteiger partial charge is 0.457 e. The van der Waals surface area contributed by atoms with E-state index in [1.165, 1.54) is 0 Å². The molecule has 0 aliphatic carbocycles. The quantitative estimate of drug-likeness (QED) is 0.361. The van der Waals surface area contributed by atoms with Crippen LogP contribution in [0.2, 0.25) is 0 Å². The SMILES string of the molecule is CCCC(CCC)n1cc(-c2ccc(Oc3ccccc3)cc2)c2c(N)ncnc21. The van der Waals surface area contributed by atoms with Crippen LogP contribution in [-0.2, 0) is 0 Å². The van der Waals surface area contributed by atoms with Crippen LogP contribution in [0.1, 0.15) is 45.6 Å². The zero-order valence-electron chi connectivity index (χ0n) is 17.6. The van der Waals surface area contributed by atoms with E-state index in [0.717, 1.165) is 59.3 Å². The lowest BCUT2D eigenvalue weighted by molar-refractivity contribution is 0.436. The predicted molar refractivity (Wildman–Crippen MR) is 123 cm³/mol. The zero-order chi connectivity index (χ0) is 20.9. The molecule has 30 heavy (non-hydrogen) atoms.